The monoisotopic (exact) mass is 450 g/mol. The maximum Gasteiger partial charge on any atom is 0.512 e. The molecular formula is C25H23FN2O5. The molecule has 0 amide bonds. The second-order valence-electron chi connectivity index (χ2n) is 7.45. The molecule has 3 aromatic carbocycles. The summed E-state index contributed by atoms with van der Waals surface area (Å²) in [5, 5.41) is 14.8. The highest BCUT2D eigenvalue weighted by molar-refractivity contribution is 5.89. The highest BCUT2D eigenvalue weighted by Crippen LogP contribution is 2.34. The van der Waals surface area contributed by atoms with Gasteiger partial charge in [0.2, 0.25) is 5.88 Å². The van der Waals surface area contributed by atoms with Crippen molar-refractivity contribution in [3.63, 3.8) is 0 Å². The van der Waals surface area contributed by atoms with Gasteiger partial charge in [0.1, 0.15) is 5.82 Å². The third-order valence-electron chi connectivity index (χ3n) is 5.35. The van der Waals surface area contributed by atoms with Crippen LogP contribution in [-0.4, -0.2) is 34.9 Å². The fourth-order valence-corrected chi connectivity index (χ4v) is 4.00. The van der Waals surface area contributed by atoms with Crippen LogP contribution < -0.4 is 10.1 Å². The largest absolute Gasteiger partial charge is 0.512 e. The summed E-state index contributed by atoms with van der Waals surface area (Å²) in [4.78, 5) is 23.3. The number of fused-ring (bicyclic) bond motifs is 2. The number of nitrogens with one attached hydrogen (secondary N) is 1. The Balaban J connectivity index is 1.79. The smallest absolute Gasteiger partial charge is 0.465 e. The van der Waals surface area contributed by atoms with E-state index in [1.165, 1.54) is 12.1 Å². The number of esters is 1. The molecule has 170 valence electrons. The van der Waals surface area contributed by atoms with E-state index in [2.05, 4.69) is 5.32 Å². The van der Waals surface area contributed by atoms with Gasteiger partial charge in [0.05, 0.1) is 25.2 Å². The maximum atomic E-state index is 14.0. The molecule has 0 atom stereocenters. The molecule has 1 heterocycles. The molecule has 0 bridgehead atoms. The van der Waals surface area contributed by atoms with E-state index in [9.17, 15) is 19.1 Å². The van der Waals surface area contributed by atoms with E-state index in [0.29, 0.717) is 5.56 Å². The zero-order valence-corrected chi connectivity index (χ0v) is 18.0. The van der Waals surface area contributed by atoms with Gasteiger partial charge in [-0.2, -0.15) is 0 Å². The predicted molar refractivity (Wildman–Crippen MR) is 122 cm³/mol. The van der Waals surface area contributed by atoms with Gasteiger partial charge in [0.25, 0.3) is 0 Å². The van der Waals surface area contributed by atoms with Crippen molar-refractivity contribution >= 4 is 33.8 Å². The van der Waals surface area contributed by atoms with Crippen LogP contribution in [0.1, 0.15) is 18.1 Å². The summed E-state index contributed by atoms with van der Waals surface area (Å²) in [6.45, 7) is 2.44. The van der Waals surface area contributed by atoms with Gasteiger partial charge in [0, 0.05) is 17.5 Å². The van der Waals surface area contributed by atoms with Crippen molar-refractivity contribution in [3.05, 3.63) is 77.6 Å². The minimum atomic E-state index is -1.45. The lowest BCUT2D eigenvalue weighted by Gasteiger charge is -2.13. The Morgan fingerprint density at radius 1 is 1.06 bits per heavy atom. The topological polar surface area (TPSA) is 89.8 Å². The fraction of sp³-hybridized carbons (Fsp3) is 0.200. The fourth-order valence-electron chi connectivity index (χ4n) is 4.00. The van der Waals surface area contributed by atoms with Crippen molar-refractivity contribution in [1.29, 1.82) is 0 Å². The third-order valence-corrected chi connectivity index (χ3v) is 5.35. The molecule has 4 rings (SSSR count). The molecule has 0 fully saturated rings. The number of nitrogens with zero attached hydrogens (tertiary/aromatic N) is 1. The van der Waals surface area contributed by atoms with E-state index in [0.717, 1.165) is 27.2 Å². The van der Waals surface area contributed by atoms with Crippen molar-refractivity contribution in [2.75, 3.05) is 13.2 Å². The zero-order chi connectivity index (χ0) is 23.4. The van der Waals surface area contributed by atoms with E-state index in [4.69, 9.17) is 9.47 Å². The molecule has 4 aromatic rings. The number of hydrogen-bond acceptors (Lipinski definition) is 5. The molecule has 0 saturated heterocycles. The Morgan fingerprint density at radius 3 is 2.67 bits per heavy atom. The van der Waals surface area contributed by atoms with Crippen LogP contribution in [0.25, 0.3) is 21.7 Å². The van der Waals surface area contributed by atoms with E-state index in [1.807, 2.05) is 42.5 Å². The molecule has 0 unspecified atom stereocenters. The first-order chi connectivity index (χ1) is 16.0. The Bertz CT molecular complexity index is 1330. The minimum absolute atomic E-state index is 0.0253. The van der Waals surface area contributed by atoms with Crippen LogP contribution in [-0.2, 0) is 22.6 Å². The Kier molecular flexibility index (Phi) is 6.55. The molecule has 0 aliphatic heterocycles. The average Bonchev–Trinajstić information content (AvgIpc) is 3.06. The maximum absolute atomic E-state index is 14.0. The molecule has 0 radical (unpaired) electrons. The van der Waals surface area contributed by atoms with Gasteiger partial charge in [-0.05, 0) is 41.5 Å². The predicted octanol–water partition coefficient (Wildman–Crippen LogP) is 4.69. The number of para-hydroxylation sites is 1. The van der Waals surface area contributed by atoms with Gasteiger partial charge in [-0.15, -0.1) is 0 Å². The number of carbonyl (C=O) groups is 2. The Morgan fingerprint density at radius 2 is 1.88 bits per heavy atom. The van der Waals surface area contributed by atoms with E-state index < -0.39 is 12.1 Å². The first-order valence-electron chi connectivity index (χ1n) is 10.5. The first kappa shape index (κ1) is 22.3. The van der Waals surface area contributed by atoms with Crippen LogP contribution in [0.2, 0.25) is 0 Å². The summed E-state index contributed by atoms with van der Waals surface area (Å²) >= 11 is 0. The van der Waals surface area contributed by atoms with Gasteiger partial charge in [-0.1, -0.05) is 42.5 Å². The Labute approximate surface area is 189 Å². The first-order valence-corrected chi connectivity index (χ1v) is 10.5. The van der Waals surface area contributed by atoms with Gasteiger partial charge in [-0.3, -0.25) is 4.79 Å². The lowest BCUT2D eigenvalue weighted by Crippen LogP contribution is -2.24. The second-order valence-corrected chi connectivity index (χ2v) is 7.45. The van der Waals surface area contributed by atoms with Crippen molar-refractivity contribution in [1.82, 2.24) is 9.88 Å². The lowest BCUT2D eigenvalue weighted by atomic mass is 10.0. The summed E-state index contributed by atoms with van der Waals surface area (Å²) in [6.07, 6.45) is -1.45. The number of halogens is 1. The van der Waals surface area contributed by atoms with Gasteiger partial charge >= 0.3 is 12.1 Å². The average molecular weight is 450 g/mol. The SMILES string of the molecule is CCOC(=O)CNCc1c(OC(=O)O)n(Cc2cccc3ccc(F)cc23)c2ccccc12. The van der Waals surface area contributed by atoms with Gasteiger partial charge < -0.3 is 24.5 Å². The van der Waals surface area contributed by atoms with Crippen molar-refractivity contribution in [2.45, 2.75) is 20.0 Å². The molecular weight excluding hydrogens is 427 g/mol. The number of ether oxygens (including phenoxy) is 2. The molecule has 1 aromatic heterocycles. The summed E-state index contributed by atoms with van der Waals surface area (Å²) in [5.41, 5.74) is 2.17. The molecule has 7 nitrogen and oxygen atoms in total. The van der Waals surface area contributed by atoms with E-state index in [1.54, 1.807) is 17.6 Å². The molecule has 0 aliphatic rings. The van der Waals surface area contributed by atoms with Crippen LogP contribution >= 0.6 is 0 Å². The van der Waals surface area contributed by atoms with Gasteiger partial charge in [0.15, 0.2) is 0 Å². The normalized spacial score (nSPS) is 11.1. The molecule has 33 heavy (non-hydrogen) atoms. The van der Waals surface area contributed by atoms with E-state index >= 15 is 0 Å². The summed E-state index contributed by atoms with van der Waals surface area (Å²) in [6, 6.07) is 17.7. The van der Waals surface area contributed by atoms with Crippen LogP contribution in [0.5, 0.6) is 5.88 Å². The van der Waals surface area contributed by atoms with Crippen LogP contribution in [0.15, 0.2) is 60.7 Å². The summed E-state index contributed by atoms with van der Waals surface area (Å²) in [7, 11) is 0. The molecule has 2 N–H and O–H groups in total. The van der Waals surface area contributed by atoms with Gasteiger partial charge in [-0.25, -0.2) is 9.18 Å². The number of rotatable bonds is 8. The molecule has 8 heteroatoms. The number of carbonyl (C=O) groups excluding carboxylic acids is 1. The molecule has 0 saturated carbocycles. The standard InChI is InChI=1S/C25H23FN2O5/c1-2-32-23(29)14-27-13-21-19-8-3-4-9-22(19)28(24(21)33-25(30)31)15-17-7-5-6-16-10-11-18(26)12-20(16)17/h3-12,27H,2,13-15H2,1H3,(H,30,31). The lowest BCUT2D eigenvalue weighted by molar-refractivity contribution is -0.142. The summed E-state index contributed by atoms with van der Waals surface area (Å²) < 4.78 is 25.9. The number of aromatic nitrogens is 1. The van der Waals surface area contributed by atoms with E-state index in [-0.39, 0.29) is 37.9 Å². The van der Waals surface area contributed by atoms with Crippen LogP contribution in [0.3, 0.4) is 0 Å². The summed E-state index contributed by atoms with van der Waals surface area (Å²) in [5.74, 6) is -0.605. The minimum Gasteiger partial charge on any atom is -0.465 e. The van der Waals surface area contributed by atoms with Crippen molar-refractivity contribution in [3.8, 4) is 5.88 Å². The Hall–Kier alpha value is -3.91. The molecule has 0 aliphatic carbocycles. The molecule has 0 spiro atoms. The van der Waals surface area contributed by atoms with Crippen molar-refractivity contribution in [2.24, 2.45) is 0 Å². The number of carboxylic acid groups (broad SMARTS) is 1. The zero-order valence-electron chi connectivity index (χ0n) is 18.0. The highest BCUT2D eigenvalue weighted by atomic mass is 19.1. The number of hydrogen-bond donors (Lipinski definition) is 2. The quantitative estimate of drug-likeness (QED) is 0.379. The highest BCUT2D eigenvalue weighted by Gasteiger charge is 2.21. The number of benzene rings is 3. The van der Waals surface area contributed by atoms with Crippen LogP contribution in [0.4, 0.5) is 9.18 Å². The van der Waals surface area contributed by atoms with Crippen LogP contribution in [0, 0.1) is 5.82 Å². The third kappa shape index (κ3) is 4.80. The second kappa shape index (κ2) is 9.70. The van der Waals surface area contributed by atoms with Crippen molar-refractivity contribution < 1.29 is 28.6 Å².